The van der Waals surface area contributed by atoms with Crippen molar-refractivity contribution in [2.24, 2.45) is 0 Å². The second kappa shape index (κ2) is 5.00. The van der Waals surface area contributed by atoms with Crippen molar-refractivity contribution in [1.29, 1.82) is 0 Å². The van der Waals surface area contributed by atoms with E-state index >= 15 is 0 Å². The minimum atomic E-state index is -0.943. The van der Waals surface area contributed by atoms with Gasteiger partial charge >= 0.3 is 0 Å². The van der Waals surface area contributed by atoms with E-state index in [1.807, 2.05) is 26.0 Å². The Kier molecular flexibility index (Phi) is 3.76. The van der Waals surface area contributed by atoms with Gasteiger partial charge in [-0.25, -0.2) is 4.98 Å². The molecule has 1 aromatic carbocycles. The van der Waals surface area contributed by atoms with Crippen LogP contribution in [0.5, 0.6) is 0 Å². The van der Waals surface area contributed by atoms with Crippen molar-refractivity contribution in [1.82, 2.24) is 4.98 Å². The van der Waals surface area contributed by atoms with Crippen LogP contribution >= 0.6 is 22.9 Å². The monoisotopic (exact) mass is 281 g/mol. The minimum absolute atomic E-state index is 0.507. The summed E-state index contributed by atoms with van der Waals surface area (Å²) in [5, 5.41) is 12.2. The van der Waals surface area contributed by atoms with Crippen LogP contribution in [0.15, 0.2) is 24.3 Å². The summed E-state index contributed by atoms with van der Waals surface area (Å²) in [7, 11) is 0. The zero-order valence-electron chi connectivity index (χ0n) is 10.7. The third-order valence-electron chi connectivity index (χ3n) is 3.01. The van der Waals surface area contributed by atoms with E-state index in [0.29, 0.717) is 11.4 Å². The van der Waals surface area contributed by atoms with Crippen molar-refractivity contribution in [3.63, 3.8) is 0 Å². The third-order valence-corrected chi connectivity index (χ3v) is 4.32. The molecule has 0 saturated heterocycles. The molecule has 2 nitrogen and oxygen atoms in total. The SMILES string of the molecule is Cc1nc(CC(C)(O)c2cccc(Cl)c2)sc1C. The molecule has 0 amide bonds. The highest BCUT2D eigenvalue weighted by atomic mass is 35.5. The minimum Gasteiger partial charge on any atom is -0.385 e. The van der Waals surface area contributed by atoms with Crippen molar-refractivity contribution < 1.29 is 5.11 Å². The summed E-state index contributed by atoms with van der Waals surface area (Å²) in [6, 6.07) is 7.34. The van der Waals surface area contributed by atoms with E-state index in [4.69, 9.17) is 11.6 Å². The molecule has 1 heterocycles. The second-order valence-electron chi connectivity index (χ2n) is 4.71. The summed E-state index contributed by atoms with van der Waals surface area (Å²) in [5.74, 6) is 0. The smallest absolute Gasteiger partial charge is 0.0962 e. The van der Waals surface area contributed by atoms with Crippen LogP contribution in [0.2, 0.25) is 5.02 Å². The third kappa shape index (κ3) is 2.91. The van der Waals surface area contributed by atoms with Crippen LogP contribution in [0, 0.1) is 13.8 Å². The Bertz CT molecular complexity index is 543. The van der Waals surface area contributed by atoms with Crippen LogP contribution in [0.1, 0.15) is 28.1 Å². The van der Waals surface area contributed by atoms with Crippen LogP contribution in [0.3, 0.4) is 0 Å². The zero-order chi connectivity index (χ0) is 13.3. The second-order valence-corrected chi connectivity index (χ2v) is 6.43. The fraction of sp³-hybridized carbons (Fsp3) is 0.357. The number of hydrogen-bond donors (Lipinski definition) is 1. The zero-order valence-corrected chi connectivity index (χ0v) is 12.3. The number of nitrogens with zero attached hydrogens (tertiary/aromatic N) is 1. The molecule has 1 atom stereocenters. The van der Waals surface area contributed by atoms with Crippen molar-refractivity contribution in [2.75, 3.05) is 0 Å². The van der Waals surface area contributed by atoms with Crippen LogP contribution in [0.4, 0.5) is 0 Å². The first kappa shape index (κ1) is 13.5. The van der Waals surface area contributed by atoms with Gasteiger partial charge in [-0.15, -0.1) is 11.3 Å². The maximum absolute atomic E-state index is 10.6. The standard InChI is InChI=1S/C14H16ClNOS/c1-9-10(2)18-13(16-9)8-14(3,17)11-5-4-6-12(15)7-11/h4-7,17H,8H2,1-3H3. The van der Waals surface area contributed by atoms with Crippen molar-refractivity contribution in [3.8, 4) is 0 Å². The van der Waals surface area contributed by atoms with Crippen LogP contribution in [-0.2, 0) is 12.0 Å². The first-order chi connectivity index (χ1) is 8.38. The van der Waals surface area contributed by atoms with E-state index in [9.17, 15) is 5.11 Å². The van der Waals surface area contributed by atoms with Gasteiger partial charge in [0.1, 0.15) is 0 Å². The van der Waals surface area contributed by atoms with E-state index in [2.05, 4.69) is 4.98 Å². The topological polar surface area (TPSA) is 33.1 Å². The van der Waals surface area contributed by atoms with Gasteiger partial charge in [0.25, 0.3) is 0 Å². The Labute approximate surface area is 116 Å². The average molecular weight is 282 g/mol. The number of aromatic nitrogens is 1. The van der Waals surface area contributed by atoms with Gasteiger partial charge in [-0.2, -0.15) is 0 Å². The summed E-state index contributed by atoms with van der Waals surface area (Å²) in [6.07, 6.45) is 0.507. The lowest BCUT2D eigenvalue weighted by atomic mass is 9.93. The Morgan fingerprint density at radius 2 is 2.11 bits per heavy atom. The van der Waals surface area contributed by atoms with Crippen molar-refractivity contribution >= 4 is 22.9 Å². The number of thiazole rings is 1. The summed E-state index contributed by atoms with van der Waals surface area (Å²) < 4.78 is 0. The normalized spacial score (nSPS) is 14.5. The van der Waals surface area contributed by atoms with Crippen LogP contribution in [0.25, 0.3) is 0 Å². The molecule has 0 fully saturated rings. The van der Waals surface area contributed by atoms with E-state index < -0.39 is 5.60 Å². The van der Waals surface area contributed by atoms with Gasteiger partial charge in [0.05, 0.1) is 16.3 Å². The van der Waals surface area contributed by atoms with E-state index in [1.165, 1.54) is 4.88 Å². The Morgan fingerprint density at radius 1 is 1.39 bits per heavy atom. The summed E-state index contributed by atoms with van der Waals surface area (Å²) in [6.45, 7) is 5.83. The highest BCUT2D eigenvalue weighted by Gasteiger charge is 2.25. The molecule has 0 bridgehead atoms. The molecule has 96 valence electrons. The first-order valence-corrected chi connectivity index (χ1v) is 6.99. The van der Waals surface area contributed by atoms with Gasteiger partial charge < -0.3 is 5.11 Å². The Balaban J connectivity index is 2.26. The molecular weight excluding hydrogens is 266 g/mol. The van der Waals surface area contributed by atoms with Gasteiger partial charge in [-0.1, -0.05) is 23.7 Å². The lowest BCUT2D eigenvalue weighted by Crippen LogP contribution is -2.24. The molecule has 0 aliphatic carbocycles. The highest BCUT2D eigenvalue weighted by Crippen LogP contribution is 2.29. The van der Waals surface area contributed by atoms with E-state index in [-0.39, 0.29) is 0 Å². The van der Waals surface area contributed by atoms with E-state index in [1.54, 1.807) is 30.4 Å². The molecule has 0 radical (unpaired) electrons. The average Bonchev–Trinajstić information content (AvgIpc) is 2.57. The number of rotatable bonds is 3. The molecule has 0 spiro atoms. The summed E-state index contributed by atoms with van der Waals surface area (Å²) in [5.41, 5.74) is 0.916. The molecule has 2 aromatic rings. The Morgan fingerprint density at radius 3 is 2.67 bits per heavy atom. The summed E-state index contributed by atoms with van der Waals surface area (Å²) >= 11 is 7.60. The van der Waals surface area contributed by atoms with Crippen LogP contribution < -0.4 is 0 Å². The molecule has 0 aliphatic rings. The number of aliphatic hydroxyl groups is 1. The van der Waals surface area contributed by atoms with Gasteiger partial charge in [0, 0.05) is 16.3 Å². The van der Waals surface area contributed by atoms with E-state index in [0.717, 1.165) is 16.3 Å². The first-order valence-electron chi connectivity index (χ1n) is 5.80. The Hall–Kier alpha value is -0.900. The van der Waals surface area contributed by atoms with Gasteiger partial charge in [0.2, 0.25) is 0 Å². The maximum atomic E-state index is 10.6. The lowest BCUT2D eigenvalue weighted by Gasteiger charge is -2.22. The molecule has 1 aromatic heterocycles. The molecular formula is C14H16ClNOS. The lowest BCUT2D eigenvalue weighted by molar-refractivity contribution is 0.0575. The van der Waals surface area contributed by atoms with Crippen LogP contribution in [-0.4, -0.2) is 10.1 Å². The molecule has 1 unspecified atom stereocenters. The molecule has 18 heavy (non-hydrogen) atoms. The van der Waals surface area contributed by atoms with Gasteiger partial charge in [0.15, 0.2) is 0 Å². The van der Waals surface area contributed by atoms with Crippen molar-refractivity contribution in [2.45, 2.75) is 32.8 Å². The predicted octanol–water partition coefficient (Wildman–Crippen LogP) is 3.86. The predicted molar refractivity (Wildman–Crippen MR) is 76.3 cm³/mol. The quantitative estimate of drug-likeness (QED) is 0.927. The van der Waals surface area contributed by atoms with Gasteiger partial charge in [-0.3, -0.25) is 0 Å². The number of halogens is 1. The fourth-order valence-corrected chi connectivity index (χ4v) is 3.11. The molecule has 1 N–H and O–H groups in total. The fourth-order valence-electron chi connectivity index (χ4n) is 1.83. The molecule has 0 aliphatic heterocycles. The number of aryl methyl sites for hydroxylation is 2. The number of benzene rings is 1. The molecule has 0 saturated carbocycles. The maximum Gasteiger partial charge on any atom is 0.0962 e. The van der Waals surface area contributed by atoms with Crippen molar-refractivity contribution in [3.05, 3.63) is 50.4 Å². The molecule has 2 rings (SSSR count). The number of hydrogen-bond acceptors (Lipinski definition) is 3. The highest BCUT2D eigenvalue weighted by molar-refractivity contribution is 7.11. The summed E-state index contributed by atoms with van der Waals surface area (Å²) in [4.78, 5) is 5.67. The largest absolute Gasteiger partial charge is 0.385 e. The molecule has 4 heteroatoms. The van der Waals surface area contributed by atoms with Gasteiger partial charge in [-0.05, 0) is 38.5 Å².